The molecule has 2 aromatic carbocycles. The van der Waals surface area contributed by atoms with Crippen molar-refractivity contribution < 1.29 is 23.2 Å². The van der Waals surface area contributed by atoms with Crippen molar-refractivity contribution in [3.8, 4) is 0 Å². The van der Waals surface area contributed by atoms with Gasteiger partial charge in [-0.3, -0.25) is 14.9 Å². The van der Waals surface area contributed by atoms with Gasteiger partial charge < -0.3 is 10.0 Å². The molecule has 2 atom stereocenters. The van der Waals surface area contributed by atoms with E-state index >= 15 is 0 Å². The lowest BCUT2D eigenvalue weighted by Gasteiger charge is -2.27. The molecule has 0 heterocycles. The number of nitrogens with one attached hydrogen (secondary N) is 1. The second-order valence-electron chi connectivity index (χ2n) is 7.39. The number of carbonyl (C=O) groups excluding carboxylic acids is 1. The molecule has 2 N–H and O–H groups in total. The lowest BCUT2D eigenvalue weighted by Crippen LogP contribution is -2.40. The number of nitrogens with zero attached hydrogens (tertiary/aromatic N) is 2. The van der Waals surface area contributed by atoms with Gasteiger partial charge in [0.25, 0.3) is 5.69 Å². The van der Waals surface area contributed by atoms with Crippen molar-refractivity contribution in [3.05, 3.63) is 70.3 Å². The van der Waals surface area contributed by atoms with Gasteiger partial charge in [0.05, 0.1) is 15.9 Å². The Bertz CT molecular complexity index is 992. The molecule has 0 aromatic heterocycles. The first-order valence-corrected chi connectivity index (χ1v) is 11.9. The highest BCUT2D eigenvalue weighted by Gasteiger charge is 2.27. The first kappa shape index (κ1) is 25.4. The van der Waals surface area contributed by atoms with E-state index in [1.54, 1.807) is 4.90 Å². The lowest BCUT2D eigenvalue weighted by molar-refractivity contribution is -0.384. The van der Waals surface area contributed by atoms with Crippen molar-refractivity contribution in [2.45, 2.75) is 37.7 Å². The third-order valence-corrected chi connectivity index (χ3v) is 6.61. The second-order valence-corrected chi connectivity index (χ2v) is 9.16. The molecule has 0 radical (unpaired) electrons. The van der Waals surface area contributed by atoms with E-state index < -0.39 is 27.0 Å². The number of hydrogen-bond donors (Lipinski definition) is 2. The quantitative estimate of drug-likeness (QED) is 0.367. The van der Waals surface area contributed by atoms with Gasteiger partial charge in [-0.1, -0.05) is 30.3 Å². The summed E-state index contributed by atoms with van der Waals surface area (Å²) in [4.78, 5) is 24.6. The molecule has 2 aromatic rings. The van der Waals surface area contributed by atoms with Crippen LogP contribution in [0.2, 0.25) is 0 Å². The average molecular weight is 464 g/mol. The van der Waals surface area contributed by atoms with Crippen LogP contribution in [-0.2, 0) is 21.2 Å². The van der Waals surface area contributed by atoms with Gasteiger partial charge in [0, 0.05) is 37.7 Å². The van der Waals surface area contributed by atoms with Gasteiger partial charge in [0.15, 0.2) is 0 Å². The molecule has 2 rings (SSSR count). The highest BCUT2D eigenvalue weighted by Crippen LogP contribution is 2.19. The highest BCUT2D eigenvalue weighted by molar-refractivity contribution is 7.89. The van der Waals surface area contributed by atoms with Crippen LogP contribution in [-0.4, -0.2) is 55.0 Å². The predicted molar refractivity (Wildman–Crippen MR) is 120 cm³/mol. The summed E-state index contributed by atoms with van der Waals surface area (Å²) in [7, 11) is -3.97. The summed E-state index contributed by atoms with van der Waals surface area (Å²) >= 11 is 0. The minimum Gasteiger partial charge on any atom is -0.392 e. The number of nitro groups is 1. The van der Waals surface area contributed by atoms with Gasteiger partial charge in [-0.15, -0.1) is 0 Å². The maximum Gasteiger partial charge on any atom is 0.269 e. The molecule has 9 nitrogen and oxygen atoms in total. The summed E-state index contributed by atoms with van der Waals surface area (Å²) in [6.07, 6.45) is -0.564. The van der Waals surface area contributed by atoms with Gasteiger partial charge >= 0.3 is 0 Å². The molecular weight excluding hydrogens is 434 g/mol. The number of benzene rings is 2. The first-order chi connectivity index (χ1) is 15.2. The molecule has 0 spiro atoms. The van der Waals surface area contributed by atoms with Crippen molar-refractivity contribution in [1.29, 1.82) is 0 Å². The summed E-state index contributed by atoms with van der Waals surface area (Å²) in [6, 6.07) is 13.9. The Morgan fingerprint density at radius 2 is 1.69 bits per heavy atom. The molecule has 0 fully saturated rings. The van der Waals surface area contributed by atoms with Gasteiger partial charge in [-0.25, -0.2) is 13.1 Å². The number of rotatable bonds is 12. The van der Waals surface area contributed by atoms with Crippen LogP contribution >= 0.6 is 0 Å². The van der Waals surface area contributed by atoms with Crippen LogP contribution in [0.5, 0.6) is 0 Å². The third kappa shape index (κ3) is 7.11. The SMILES string of the molecule is CCN(CC)C(=O)[C@H](Cc1ccccc1)C[C@H](O)CNS(=O)(=O)c1ccc([N+](=O)[O-])cc1. The number of nitro benzene ring substituents is 1. The molecular formula is C22H29N3O6S. The Morgan fingerprint density at radius 3 is 2.22 bits per heavy atom. The standard InChI is InChI=1S/C22H29N3O6S/c1-3-24(4-2)22(27)18(14-17-8-6-5-7-9-17)15-20(26)16-23-32(30,31)21-12-10-19(11-13-21)25(28)29/h5-13,18,20,23,26H,3-4,14-16H2,1-2H3/t18-,20+/m1/s1. The maximum atomic E-state index is 13.0. The minimum atomic E-state index is -3.97. The highest BCUT2D eigenvalue weighted by atomic mass is 32.2. The molecule has 0 aliphatic carbocycles. The molecule has 0 aliphatic rings. The number of non-ortho nitro benzene ring substituents is 1. The summed E-state index contributed by atoms with van der Waals surface area (Å²) in [5.74, 6) is -0.590. The zero-order valence-electron chi connectivity index (χ0n) is 18.2. The first-order valence-electron chi connectivity index (χ1n) is 10.4. The number of carbonyl (C=O) groups is 1. The smallest absolute Gasteiger partial charge is 0.269 e. The van der Waals surface area contributed by atoms with Crippen molar-refractivity contribution in [1.82, 2.24) is 9.62 Å². The Balaban J connectivity index is 2.07. The van der Waals surface area contributed by atoms with E-state index in [2.05, 4.69) is 4.72 Å². The van der Waals surface area contributed by atoms with Crippen LogP contribution in [0, 0.1) is 16.0 Å². The fraction of sp³-hybridized carbons (Fsp3) is 0.409. The molecule has 0 saturated carbocycles. The number of aliphatic hydroxyl groups excluding tert-OH is 1. The fourth-order valence-corrected chi connectivity index (χ4v) is 4.48. The largest absolute Gasteiger partial charge is 0.392 e. The topological polar surface area (TPSA) is 130 Å². The van der Waals surface area contributed by atoms with E-state index in [0.717, 1.165) is 29.8 Å². The third-order valence-electron chi connectivity index (χ3n) is 5.17. The second kappa shape index (κ2) is 11.7. The van der Waals surface area contributed by atoms with Gasteiger partial charge in [0.1, 0.15) is 0 Å². The fourth-order valence-electron chi connectivity index (χ4n) is 3.41. The van der Waals surface area contributed by atoms with E-state index in [-0.39, 0.29) is 29.5 Å². The average Bonchev–Trinajstić information content (AvgIpc) is 2.79. The summed E-state index contributed by atoms with van der Waals surface area (Å²) < 4.78 is 27.2. The number of hydrogen-bond acceptors (Lipinski definition) is 6. The van der Waals surface area contributed by atoms with Crippen LogP contribution in [0.25, 0.3) is 0 Å². The zero-order valence-corrected chi connectivity index (χ0v) is 19.0. The molecule has 0 unspecified atom stereocenters. The van der Waals surface area contributed by atoms with Crippen molar-refractivity contribution >= 4 is 21.6 Å². The Labute approximate surface area is 188 Å². The number of aliphatic hydroxyl groups is 1. The van der Waals surface area contributed by atoms with E-state index in [4.69, 9.17) is 0 Å². The van der Waals surface area contributed by atoms with Crippen LogP contribution in [0.15, 0.2) is 59.5 Å². The van der Waals surface area contributed by atoms with Gasteiger partial charge in [0.2, 0.25) is 15.9 Å². The minimum absolute atomic E-state index is 0.0869. The Morgan fingerprint density at radius 1 is 1.09 bits per heavy atom. The van der Waals surface area contributed by atoms with Gasteiger partial charge in [-0.05, 0) is 44.4 Å². The Kier molecular flexibility index (Phi) is 9.30. The number of amides is 1. The van der Waals surface area contributed by atoms with Crippen molar-refractivity contribution in [2.75, 3.05) is 19.6 Å². The van der Waals surface area contributed by atoms with E-state index in [1.807, 2.05) is 44.2 Å². The van der Waals surface area contributed by atoms with E-state index in [9.17, 15) is 28.4 Å². The maximum absolute atomic E-state index is 13.0. The molecule has 0 saturated heterocycles. The molecule has 1 amide bonds. The predicted octanol–water partition coefficient (Wildman–Crippen LogP) is 2.35. The molecule has 174 valence electrons. The van der Waals surface area contributed by atoms with Crippen LogP contribution < -0.4 is 4.72 Å². The lowest BCUT2D eigenvalue weighted by atomic mass is 9.92. The summed E-state index contributed by atoms with van der Waals surface area (Å²) in [5, 5.41) is 21.2. The van der Waals surface area contributed by atoms with E-state index in [1.165, 1.54) is 0 Å². The Hall–Kier alpha value is -2.82. The van der Waals surface area contributed by atoms with Crippen LogP contribution in [0.3, 0.4) is 0 Å². The molecule has 10 heteroatoms. The van der Waals surface area contributed by atoms with Gasteiger partial charge in [-0.2, -0.15) is 0 Å². The zero-order chi connectivity index (χ0) is 23.7. The molecule has 32 heavy (non-hydrogen) atoms. The molecule has 0 bridgehead atoms. The number of sulfonamides is 1. The van der Waals surface area contributed by atoms with E-state index in [0.29, 0.717) is 19.5 Å². The monoisotopic (exact) mass is 463 g/mol. The van der Waals surface area contributed by atoms with Crippen LogP contribution in [0.1, 0.15) is 25.8 Å². The summed E-state index contributed by atoms with van der Waals surface area (Å²) in [5.41, 5.74) is 0.735. The molecule has 0 aliphatic heterocycles. The normalized spacial score (nSPS) is 13.3. The van der Waals surface area contributed by atoms with Crippen molar-refractivity contribution in [2.24, 2.45) is 5.92 Å². The summed E-state index contributed by atoms with van der Waals surface area (Å²) in [6.45, 7) is 4.58. The van der Waals surface area contributed by atoms with Crippen molar-refractivity contribution in [3.63, 3.8) is 0 Å². The van der Waals surface area contributed by atoms with Crippen LogP contribution in [0.4, 0.5) is 5.69 Å².